The van der Waals surface area contributed by atoms with Gasteiger partial charge in [-0.15, -0.1) is 0 Å². The van der Waals surface area contributed by atoms with Crippen LogP contribution < -0.4 is 4.74 Å². The first-order chi connectivity index (χ1) is 10.2. The molecule has 1 aliphatic heterocycles. The quantitative estimate of drug-likeness (QED) is 0.772. The monoisotopic (exact) mass is 373 g/mol. The number of hydrogen-bond donors (Lipinski definition) is 0. The van der Waals surface area contributed by atoms with Gasteiger partial charge in [-0.1, -0.05) is 0 Å². The van der Waals surface area contributed by atoms with Gasteiger partial charge in [-0.05, 0) is 54.9 Å². The third kappa shape index (κ3) is 4.87. The van der Waals surface area contributed by atoms with Gasteiger partial charge in [-0.25, -0.2) is 9.18 Å². The summed E-state index contributed by atoms with van der Waals surface area (Å²) in [7, 11) is 0. The van der Waals surface area contributed by atoms with E-state index >= 15 is 0 Å². The number of benzene rings is 1. The maximum Gasteiger partial charge on any atom is 0.410 e. The molecule has 0 unspecified atom stereocenters. The Labute approximate surface area is 138 Å². The van der Waals surface area contributed by atoms with E-state index < -0.39 is 5.60 Å². The molecule has 1 aromatic carbocycles. The Morgan fingerprint density at radius 1 is 1.32 bits per heavy atom. The molecule has 0 aromatic heterocycles. The van der Waals surface area contributed by atoms with E-state index in [2.05, 4.69) is 15.9 Å². The second-order valence-electron chi connectivity index (χ2n) is 6.36. The maximum atomic E-state index is 13.1. The van der Waals surface area contributed by atoms with Crippen molar-refractivity contribution < 1.29 is 18.7 Å². The second kappa shape index (κ2) is 6.86. The van der Waals surface area contributed by atoms with Crippen LogP contribution in [0.3, 0.4) is 0 Å². The number of ether oxygens (including phenoxy) is 2. The number of amides is 1. The second-order valence-corrected chi connectivity index (χ2v) is 7.21. The molecule has 0 radical (unpaired) electrons. The summed E-state index contributed by atoms with van der Waals surface area (Å²) in [6, 6.07) is 4.36. The number of piperidine rings is 1. The first kappa shape index (κ1) is 17.1. The highest BCUT2D eigenvalue weighted by molar-refractivity contribution is 9.10. The van der Waals surface area contributed by atoms with Crippen molar-refractivity contribution in [2.75, 3.05) is 13.1 Å². The fourth-order valence-corrected chi connectivity index (χ4v) is 2.68. The topological polar surface area (TPSA) is 38.8 Å². The molecule has 1 fully saturated rings. The Kier molecular flexibility index (Phi) is 5.32. The van der Waals surface area contributed by atoms with Crippen LogP contribution in [0.25, 0.3) is 0 Å². The van der Waals surface area contributed by atoms with E-state index in [9.17, 15) is 9.18 Å². The summed E-state index contributed by atoms with van der Waals surface area (Å²) in [5, 5.41) is 0. The number of carbonyl (C=O) groups excluding carboxylic acids is 1. The highest BCUT2D eigenvalue weighted by Gasteiger charge is 2.27. The van der Waals surface area contributed by atoms with Crippen molar-refractivity contribution in [3.63, 3.8) is 0 Å². The van der Waals surface area contributed by atoms with Gasteiger partial charge in [0.2, 0.25) is 0 Å². The smallest absolute Gasteiger partial charge is 0.410 e. The summed E-state index contributed by atoms with van der Waals surface area (Å²) in [4.78, 5) is 13.7. The summed E-state index contributed by atoms with van der Waals surface area (Å²) >= 11 is 3.29. The van der Waals surface area contributed by atoms with Gasteiger partial charge in [-0.3, -0.25) is 0 Å². The van der Waals surface area contributed by atoms with Crippen LogP contribution in [0.5, 0.6) is 5.75 Å². The normalized spacial score (nSPS) is 16.5. The highest BCUT2D eigenvalue weighted by Crippen LogP contribution is 2.28. The van der Waals surface area contributed by atoms with Crippen LogP contribution in [0.4, 0.5) is 9.18 Å². The molecule has 1 aromatic rings. The minimum Gasteiger partial charge on any atom is -0.489 e. The van der Waals surface area contributed by atoms with E-state index in [1.807, 2.05) is 20.8 Å². The maximum absolute atomic E-state index is 13.1. The van der Waals surface area contributed by atoms with Crippen molar-refractivity contribution in [3.05, 3.63) is 28.5 Å². The molecular weight excluding hydrogens is 353 g/mol. The minimum absolute atomic E-state index is 0.0143. The van der Waals surface area contributed by atoms with Gasteiger partial charge in [0, 0.05) is 25.9 Å². The van der Waals surface area contributed by atoms with Gasteiger partial charge in [0.05, 0.1) is 4.47 Å². The lowest BCUT2D eigenvalue weighted by molar-refractivity contribution is 0.0126. The molecule has 0 bridgehead atoms. The number of carbonyl (C=O) groups is 1. The van der Waals surface area contributed by atoms with Gasteiger partial charge >= 0.3 is 6.09 Å². The molecule has 0 spiro atoms. The molecule has 1 heterocycles. The fourth-order valence-electron chi connectivity index (χ4n) is 2.23. The molecule has 0 aliphatic carbocycles. The van der Waals surface area contributed by atoms with E-state index in [1.54, 1.807) is 11.0 Å². The number of likely N-dealkylation sites (tertiary alicyclic amines) is 1. The van der Waals surface area contributed by atoms with E-state index in [1.165, 1.54) is 12.1 Å². The predicted octanol–water partition coefficient (Wildman–Crippen LogP) is 4.37. The Morgan fingerprint density at radius 3 is 2.50 bits per heavy atom. The van der Waals surface area contributed by atoms with Crippen molar-refractivity contribution >= 4 is 22.0 Å². The standard InChI is InChI=1S/C16H21BrFNO3/c1-16(2,3)22-15(20)19-8-6-12(7-9-19)21-14-5-4-11(18)10-13(14)17/h4-5,10,12H,6-9H2,1-3H3. The lowest BCUT2D eigenvalue weighted by Crippen LogP contribution is -2.44. The van der Waals surface area contributed by atoms with Crippen molar-refractivity contribution in [2.45, 2.75) is 45.3 Å². The SMILES string of the molecule is CC(C)(C)OC(=O)N1CCC(Oc2ccc(F)cc2Br)CC1. The van der Waals surface area contributed by atoms with Gasteiger partial charge < -0.3 is 14.4 Å². The molecule has 122 valence electrons. The third-order valence-corrected chi connectivity index (χ3v) is 3.90. The van der Waals surface area contributed by atoms with Crippen LogP contribution in [-0.4, -0.2) is 35.8 Å². The van der Waals surface area contributed by atoms with Crippen molar-refractivity contribution in [2.24, 2.45) is 0 Å². The molecule has 2 rings (SSSR count). The van der Waals surface area contributed by atoms with E-state index in [-0.39, 0.29) is 18.0 Å². The molecule has 6 heteroatoms. The average molecular weight is 374 g/mol. The molecule has 1 aliphatic rings. The summed E-state index contributed by atoms with van der Waals surface area (Å²) in [5.74, 6) is 0.316. The molecule has 0 atom stereocenters. The summed E-state index contributed by atoms with van der Waals surface area (Å²) in [5.41, 5.74) is -0.483. The van der Waals surface area contributed by atoms with Crippen molar-refractivity contribution in [3.8, 4) is 5.75 Å². The van der Waals surface area contributed by atoms with E-state index in [0.717, 1.165) is 12.8 Å². The number of halogens is 2. The zero-order chi connectivity index (χ0) is 16.3. The Hall–Kier alpha value is -1.30. The molecule has 0 N–H and O–H groups in total. The van der Waals surface area contributed by atoms with Crippen molar-refractivity contribution in [1.82, 2.24) is 4.90 Å². The third-order valence-electron chi connectivity index (χ3n) is 3.28. The van der Waals surface area contributed by atoms with Crippen LogP contribution in [0, 0.1) is 5.82 Å². The molecular formula is C16H21BrFNO3. The van der Waals surface area contributed by atoms with Crippen LogP contribution in [0.2, 0.25) is 0 Å². The van der Waals surface area contributed by atoms with E-state index in [0.29, 0.717) is 23.3 Å². The first-order valence-corrected chi connectivity index (χ1v) is 8.13. The Balaban J connectivity index is 1.86. The summed E-state index contributed by atoms with van der Waals surface area (Å²) in [6.07, 6.45) is 1.18. The fraction of sp³-hybridized carbons (Fsp3) is 0.562. The van der Waals surface area contributed by atoms with Gasteiger partial charge in [-0.2, -0.15) is 0 Å². The lowest BCUT2D eigenvalue weighted by Gasteiger charge is -2.33. The van der Waals surface area contributed by atoms with Gasteiger partial charge in [0.25, 0.3) is 0 Å². The predicted molar refractivity (Wildman–Crippen MR) is 85.6 cm³/mol. The molecule has 1 saturated heterocycles. The number of hydrogen-bond acceptors (Lipinski definition) is 3. The Bertz CT molecular complexity index is 537. The zero-order valence-corrected chi connectivity index (χ0v) is 14.7. The number of rotatable bonds is 2. The Morgan fingerprint density at radius 2 is 1.95 bits per heavy atom. The lowest BCUT2D eigenvalue weighted by atomic mass is 10.1. The van der Waals surface area contributed by atoms with Crippen LogP contribution in [0.15, 0.2) is 22.7 Å². The largest absolute Gasteiger partial charge is 0.489 e. The van der Waals surface area contributed by atoms with Gasteiger partial charge in [0.15, 0.2) is 0 Å². The number of nitrogens with zero attached hydrogens (tertiary/aromatic N) is 1. The van der Waals surface area contributed by atoms with Crippen LogP contribution in [0.1, 0.15) is 33.6 Å². The molecule has 1 amide bonds. The highest BCUT2D eigenvalue weighted by atomic mass is 79.9. The van der Waals surface area contributed by atoms with E-state index in [4.69, 9.17) is 9.47 Å². The minimum atomic E-state index is -0.483. The first-order valence-electron chi connectivity index (χ1n) is 7.34. The summed E-state index contributed by atoms with van der Waals surface area (Å²) < 4.78 is 24.9. The molecule has 4 nitrogen and oxygen atoms in total. The molecule has 0 saturated carbocycles. The van der Waals surface area contributed by atoms with Crippen LogP contribution >= 0.6 is 15.9 Å². The summed E-state index contributed by atoms with van der Waals surface area (Å²) in [6.45, 7) is 6.75. The van der Waals surface area contributed by atoms with Crippen molar-refractivity contribution in [1.29, 1.82) is 0 Å². The molecule has 22 heavy (non-hydrogen) atoms. The van der Waals surface area contributed by atoms with Crippen LogP contribution in [-0.2, 0) is 4.74 Å². The average Bonchev–Trinajstić information content (AvgIpc) is 2.41. The zero-order valence-electron chi connectivity index (χ0n) is 13.1. The van der Waals surface area contributed by atoms with Gasteiger partial charge in [0.1, 0.15) is 23.3 Å².